The number of thioether (sulfide) groups is 1. The third-order valence-electron chi connectivity index (χ3n) is 2.34. The van der Waals surface area contributed by atoms with E-state index in [9.17, 15) is 0 Å². The summed E-state index contributed by atoms with van der Waals surface area (Å²) in [6.45, 7) is 2.45. The minimum Gasteiger partial charge on any atom is -0.493 e. The van der Waals surface area contributed by atoms with Crippen LogP contribution in [0.25, 0.3) is 0 Å². The van der Waals surface area contributed by atoms with Crippen LogP contribution in [0, 0.1) is 12.3 Å². The number of oxazole rings is 1. The maximum Gasteiger partial charge on any atom is 0.255 e. The fraction of sp³-hybridized carbons (Fsp3) is 0.231. The summed E-state index contributed by atoms with van der Waals surface area (Å²) in [5.74, 6) is 1.57. The molecule has 1 aromatic carbocycles. The fourth-order valence-corrected chi connectivity index (χ4v) is 2.08. The number of amidine groups is 1. The van der Waals surface area contributed by atoms with E-state index >= 15 is 0 Å². The van der Waals surface area contributed by atoms with Crippen LogP contribution in [0.5, 0.6) is 5.75 Å². The first-order valence-electron chi connectivity index (χ1n) is 5.77. The number of nitrogens with one attached hydrogen (secondary N) is 1. The zero-order valence-electron chi connectivity index (χ0n) is 10.6. The van der Waals surface area contributed by atoms with E-state index in [1.54, 1.807) is 30.5 Å². The SMILES string of the molecule is Cc1coc(SCCOc2ccc(C(=N)N)cc2)n1. The Kier molecular flexibility index (Phi) is 4.46. The lowest BCUT2D eigenvalue weighted by molar-refractivity contribution is 0.343. The van der Waals surface area contributed by atoms with Gasteiger partial charge in [-0.1, -0.05) is 11.8 Å². The number of hydrogen-bond donors (Lipinski definition) is 2. The van der Waals surface area contributed by atoms with Crippen LogP contribution >= 0.6 is 11.8 Å². The van der Waals surface area contributed by atoms with Gasteiger partial charge in [0.05, 0.1) is 12.3 Å². The van der Waals surface area contributed by atoms with Gasteiger partial charge in [0.25, 0.3) is 5.22 Å². The molecule has 3 N–H and O–H groups in total. The Labute approximate surface area is 115 Å². The molecule has 0 aliphatic heterocycles. The van der Waals surface area contributed by atoms with Gasteiger partial charge in [0.2, 0.25) is 0 Å². The Bertz CT molecular complexity index is 551. The van der Waals surface area contributed by atoms with Crippen molar-refractivity contribution in [2.45, 2.75) is 12.1 Å². The van der Waals surface area contributed by atoms with Gasteiger partial charge < -0.3 is 14.9 Å². The minimum absolute atomic E-state index is 0.0568. The van der Waals surface area contributed by atoms with Crippen LogP contribution in [0.15, 0.2) is 40.2 Å². The van der Waals surface area contributed by atoms with Crippen molar-refractivity contribution in [2.24, 2.45) is 5.73 Å². The molecule has 6 heteroatoms. The monoisotopic (exact) mass is 277 g/mol. The van der Waals surface area contributed by atoms with Crippen LogP contribution in [0.2, 0.25) is 0 Å². The lowest BCUT2D eigenvalue weighted by atomic mass is 10.2. The molecule has 0 unspecified atom stereocenters. The molecule has 5 nitrogen and oxygen atoms in total. The molecule has 1 aromatic heterocycles. The molecular weight excluding hydrogens is 262 g/mol. The van der Waals surface area contributed by atoms with Crippen molar-refractivity contribution >= 4 is 17.6 Å². The number of benzene rings is 1. The number of rotatable bonds is 6. The summed E-state index contributed by atoms with van der Waals surface area (Å²) < 4.78 is 10.8. The number of nitrogens with two attached hydrogens (primary N) is 1. The van der Waals surface area contributed by atoms with Crippen molar-refractivity contribution in [2.75, 3.05) is 12.4 Å². The number of nitrogen functional groups attached to an aromatic ring is 1. The van der Waals surface area contributed by atoms with Gasteiger partial charge >= 0.3 is 0 Å². The third-order valence-corrected chi connectivity index (χ3v) is 3.15. The second-order valence-corrected chi connectivity index (χ2v) is 4.94. The zero-order chi connectivity index (χ0) is 13.7. The van der Waals surface area contributed by atoms with Crippen molar-refractivity contribution in [3.8, 4) is 5.75 Å². The van der Waals surface area contributed by atoms with Crippen molar-refractivity contribution in [1.82, 2.24) is 4.98 Å². The Morgan fingerprint density at radius 2 is 2.16 bits per heavy atom. The van der Waals surface area contributed by atoms with Crippen molar-refractivity contribution < 1.29 is 9.15 Å². The van der Waals surface area contributed by atoms with Crippen LogP contribution in [-0.2, 0) is 0 Å². The molecule has 0 spiro atoms. The van der Waals surface area contributed by atoms with E-state index in [0.29, 0.717) is 17.4 Å². The Hall–Kier alpha value is -1.95. The van der Waals surface area contributed by atoms with Gasteiger partial charge in [0, 0.05) is 11.3 Å². The number of aryl methyl sites for hydroxylation is 1. The predicted molar refractivity (Wildman–Crippen MR) is 74.9 cm³/mol. The molecule has 2 aromatic rings. The number of aromatic nitrogens is 1. The van der Waals surface area contributed by atoms with Crippen LogP contribution in [-0.4, -0.2) is 23.2 Å². The number of hydrogen-bond acceptors (Lipinski definition) is 5. The summed E-state index contributed by atoms with van der Waals surface area (Å²) in [5, 5.41) is 7.95. The van der Waals surface area contributed by atoms with Gasteiger partial charge in [-0.25, -0.2) is 4.98 Å². The van der Waals surface area contributed by atoms with E-state index in [1.165, 1.54) is 11.8 Å². The first-order valence-corrected chi connectivity index (χ1v) is 6.76. The van der Waals surface area contributed by atoms with Gasteiger partial charge in [-0.05, 0) is 31.2 Å². The summed E-state index contributed by atoms with van der Waals surface area (Å²) >= 11 is 1.51. The van der Waals surface area contributed by atoms with E-state index in [4.69, 9.17) is 20.3 Å². The largest absolute Gasteiger partial charge is 0.493 e. The molecule has 0 aliphatic carbocycles. The van der Waals surface area contributed by atoms with Gasteiger partial charge in [-0.3, -0.25) is 5.41 Å². The summed E-state index contributed by atoms with van der Waals surface area (Å²) in [5.41, 5.74) is 6.94. The van der Waals surface area contributed by atoms with E-state index in [1.807, 2.05) is 6.92 Å². The Morgan fingerprint density at radius 3 is 2.74 bits per heavy atom. The Balaban J connectivity index is 1.75. The summed E-state index contributed by atoms with van der Waals surface area (Å²) in [6, 6.07) is 7.14. The maximum absolute atomic E-state index is 7.29. The molecule has 100 valence electrons. The normalized spacial score (nSPS) is 10.4. The third kappa shape index (κ3) is 4.03. The first kappa shape index (κ1) is 13.5. The standard InChI is InChI=1S/C13H15N3O2S/c1-9-8-18-13(16-9)19-7-6-17-11-4-2-10(3-5-11)12(14)15/h2-5,8H,6-7H2,1H3,(H3,14,15). The summed E-state index contributed by atoms with van der Waals surface area (Å²) in [6.07, 6.45) is 1.63. The topological polar surface area (TPSA) is 85.1 Å². The molecule has 0 radical (unpaired) electrons. The molecule has 1 heterocycles. The lowest BCUT2D eigenvalue weighted by Gasteiger charge is -2.05. The van der Waals surface area contributed by atoms with E-state index in [-0.39, 0.29) is 5.84 Å². The molecule has 0 aliphatic rings. The minimum atomic E-state index is 0.0568. The van der Waals surface area contributed by atoms with Gasteiger partial charge in [0.15, 0.2) is 0 Å². The highest BCUT2D eigenvalue weighted by Crippen LogP contribution is 2.17. The highest BCUT2D eigenvalue weighted by atomic mass is 32.2. The average molecular weight is 277 g/mol. The van der Waals surface area contributed by atoms with Crippen LogP contribution in [0.3, 0.4) is 0 Å². The van der Waals surface area contributed by atoms with E-state index < -0.39 is 0 Å². The molecule has 0 saturated heterocycles. The zero-order valence-corrected chi connectivity index (χ0v) is 11.4. The second kappa shape index (κ2) is 6.29. The van der Waals surface area contributed by atoms with Crippen molar-refractivity contribution in [1.29, 1.82) is 5.41 Å². The quantitative estimate of drug-likeness (QED) is 0.366. The van der Waals surface area contributed by atoms with Crippen LogP contribution in [0.4, 0.5) is 0 Å². The predicted octanol–water partition coefficient (Wildman–Crippen LogP) is 2.44. The van der Waals surface area contributed by atoms with Gasteiger partial charge in [0.1, 0.15) is 17.8 Å². The van der Waals surface area contributed by atoms with E-state index in [2.05, 4.69) is 4.98 Å². The molecule has 0 fully saturated rings. The molecule has 0 amide bonds. The molecule has 0 atom stereocenters. The fourth-order valence-electron chi connectivity index (χ4n) is 1.42. The molecule has 0 saturated carbocycles. The molecule has 0 bridgehead atoms. The first-order chi connectivity index (χ1) is 9.15. The highest BCUT2D eigenvalue weighted by Gasteiger charge is 2.02. The smallest absolute Gasteiger partial charge is 0.255 e. The van der Waals surface area contributed by atoms with Gasteiger partial charge in [-0.15, -0.1) is 0 Å². The number of ether oxygens (including phenoxy) is 1. The van der Waals surface area contributed by atoms with Crippen LogP contribution in [0.1, 0.15) is 11.3 Å². The summed E-state index contributed by atoms with van der Waals surface area (Å²) in [4.78, 5) is 4.19. The highest BCUT2D eigenvalue weighted by molar-refractivity contribution is 7.99. The summed E-state index contributed by atoms with van der Waals surface area (Å²) in [7, 11) is 0. The molecule has 2 rings (SSSR count). The molecule has 19 heavy (non-hydrogen) atoms. The Morgan fingerprint density at radius 1 is 1.42 bits per heavy atom. The van der Waals surface area contributed by atoms with Crippen LogP contribution < -0.4 is 10.5 Å². The van der Waals surface area contributed by atoms with Gasteiger partial charge in [-0.2, -0.15) is 0 Å². The lowest BCUT2D eigenvalue weighted by Crippen LogP contribution is -2.10. The second-order valence-electron chi connectivity index (χ2n) is 3.89. The average Bonchev–Trinajstić information content (AvgIpc) is 2.81. The van der Waals surface area contributed by atoms with Crippen molar-refractivity contribution in [3.63, 3.8) is 0 Å². The van der Waals surface area contributed by atoms with E-state index in [0.717, 1.165) is 17.2 Å². The molecular formula is C13H15N3O2S. The maximum atomic E-state index is 7.29. The number of nitrogens with zero attached hydrogens (tertiary/aromatic N) is 1. The van der Waals surface area contributed by atoms with Crippen molar-refractivity contribution in [3.05, 3.63) is 41.8 Å².